The number of fused-ring (bicyclic) bond motifs is 1. The first-order chi connectivity index (χ1) is 14.8. The Morgan fingerprint density at radius 1 is 1.23 bits per heavy atom. The molecule has 0 fully saturated rings. The topological polar surface area (TPSA) is 83.0 Å². The first kappa shape index (κ1) is 20.6. The minimum atomic E-state index is -4.46. The van der Waals surface area contributed by atoms with Crippen molar-refractivity contribution >= 4 is 23.4 Å². The predicted molar refractivity (Wildman–Crippen MR) is 111 cm³/mol. The molecule has 1 aliphatic rings. The third-order valence-corrected chi connectivity index (χ3v) is 4.81. The van der Waals surface area contributed by atoms with Crippen molar-refractivity contribution in [2.45, 2.75) is 13.1 Å². The highest BCUT2D eigenvalue weighted by molar-refractivity contribution is 6.02. The maximum atomic E-state index is 13.1. The zero-order chi connectivity index (χ0) is 22.0. The Balaban J connectivity index is 1.71. The number of benzene rings is 1. The molecule has 0 radical (unpaired) electrons. The Morgan fingerprint density at radius 3 is 2.81 bits per heavy atom. The molecule has 2 N–H and O–H groups in total. The molecule has 7 nitrogen and oxygen atoms in total. The number of amides is 2. The van der Waals surface area contributed by atoms with E-state index in [4.69, 9.17) is 0 Å². The summed E-state index contributed by atoms with van der Waals surface area (Å²) in [6, 6.07) is 9.44. The summed E-state index contributed by atoms with van der Waals surface area (Å²) in [4.78, 5) is 26.8. The van der Waals surface area contributed by atoms with Crippen LogP contribution in [0.2, 0.25) is 0 Å². The summed E-state index contributed by atoms with van der Waals surface area (Å²) in [5.41, 5.74) is 0.511. The Labute approximate surface area is 176 Å². The van der Waals surface area contributed by atoms with Crippen LogP contribution >= 0.6 is 0 Å². The van der Waals surface area contributed by atoms with Crippen molar-refractivity contribution in [2.24, 2.45) is 5.92 Å². The van der Waals surface area contributed by atoms with Crippen LogP contribution in [0.15, 0.2) is 55.0 Å². The molecule has 0 spiro atoms. The lowest BCUT2D eigenvalue weighted by molar-refractivity contribution is -0.137. The molecule has 2 amide bonds. The van der Waals surface area contributed by atoms with Gasteiger partial charge in [-0.05, 0) is 36.2 Å². The van der Waals surface area contributed by atoms with E-state index in [9.17, 15) is 18.0 Å². The lowest BCUT2D eigenvalue weighted by Gasteiger charge is -2.23. The van der Waals surface area contributed by atoms with Gasteiger partial charge in [0.15, 0.2) is 5.82 Å². The minimum absolute atomic E-state index is 0.113. The van der Waals surface area contributed by atoms with E-state index in [0.717, 1.165) is 12.1 Å². The highest BCUT2D eigenvalue weighted by atomic mass is 19.4. The molecule has 10 heteroatoms. The fourth-order valence-electron chi connectivity index (χ4n) is 3.28. The fraction of sp³-hybridized carbons (Fsp3) is 0.238. The zero-order valence-electron chi connectivity index (χ0n) is 16.5. The molecular formula is C21H19F3N6O. The normalized spacial score (nSPS) is 16.1. The Kier molecular flexibility index (Phi) is 5.45. The number of urea groups is 1. The molecule has 0 bridgehead atoms. The van der Waals surface area contributed by atoms with Crippen molar-refractivity contribution in [2.75, 3.05) is 28.6 Å². The van der Waals surface area contributed by atoms with E-state index in [1.807, 2.05) is 6.92 Å². The first-order valence-electron chi connectivity index (χ1n) is 9.58. The second kappa shape index (κ2) is 8.21. The van der Waals surface area contributed by atoms with Gasteiger partial charge in [0.05, 0.1) is 16.9 Å². The van der Waals surface area contributed by atoms with E-state index in [2.05, 4.69) is 25.6 Å². The molecule has 3 aromatic rings. The van der Waals surface area contributed by atoms with Gasteiger partial charge in [0.1, 0.15) is 12.1 Å². The van der Waals surface area contributed by atoms with Gasteiger partial charge in [-0.25, -0.2) is 19.7 Å². The molecule has 0 saturated heterocycles. The van der Waals surface area contributed by atoms with Gasteiger partial charge in [0.2, 0.25) is 0 Å². The monoisotopic (exact) mass is 428 g/mol. The molecule has 3 heterocycles. The van der Waals surface area contributed by atoms with Gasteiger partial charge in [-0.15, -0.1) is 0 Å². The number of rotatable bonds is 2. The van der Waals surface area contributed by atoms with Crippen molar-refractivity contribution in [3.05, 3.63) is 60.6 Å². The molecule has 0 aliphatic carbocycles. The lowest BCUT2D eigenvalue weighted by atomic mass is 10.1. The van der Waals surface area contributed by atoms with Gasteiger partial charge in [0, 0.05) is 24.8 Å². The molecule has 2 aromatic heterocycles. The van der Waals surface area contributed by atoms with E-state index < -0.39 is 17.8 Å². The third-order valence-electron chi connectivity index (χ3n) is 4.81. The van der Waals surface area contributed by atoms with Crippen LogP contribution in [-0.2, 0) is 6.18 Å². The number of nitrogens with zero attached hydrogens (tertiary/aromatic N) is 4. The minimum Gasteiger partial charge on any atom is -0.382 e. The number of alkyl halides is 3. The fourth-order valence-corrected chi connectivity index (χ4v) is 3.28. The van der Waals surface area contributed by atoms with E-state index in [-0.39, 0.29) is 5.92 Å². The van der Waals surface area contributed by atoms with Gasteiger partial charge in [-0.1, -0.05) is 19.1 Å². The molecule has 0 saturated carbocycles. The number of nitrogens with one attached hydrogen (secondary N) is 2. The van der Waals surface area contributed by atoms with Gasteiger partial charge < -0.3 is 5.32 Å². The van der Waals surface area contributed by atoms with Crippen molar-refractivity contribution < 1.29 is 18.0 Å². The van der Waals surface area contributed by atoms with Crippen LogP contribution in [0.5, 0.6) is 0 Å². The number of hydrogen-bond donors (Lipinski definition) is 2. The summed E-state index contributed by atoms with van der Waals surface area (Å²) in [5, 5.41) is 5.96. The van der Waals surface area contributed by atoms with Crippen molar-refractivity contribution in [1.29, 1.82) is 0 Å². The van der Waals surface area contributed by atoms with Gasteiger partial charge in [-0.2, -0.15) is 13.2 Å². The maximum Gasteiger partial charge on any atom is 0.416 e. The van der Waals surface area contributed by atoms with Crippen LogP contribution in [0.25, 0.3) is 11.3 Å². The molecule has 1 atom stereocenters. The van der Waals surface area contributed by atoms with Gasteiger partial charge in [0.25, 0.3) is 0 Å². The van der Waals surface area contributed by atoms with E-state index >= 15 is 0 Å². The number of aromatic nitrogens is 3. The van der Waals surface area contributed by atoms with Crippen LogP contribution in [0.3, 0.4) is 0 Å². The number of halogens is 3. The van der Waals surface area contributed by atoms with Gasteiger partial charge >= 0.3 is 12.2 Å². The largest absolute Gasteiger partial charge is 0.416 e. The van der Waals surface area contributed by atoms with Crippen LogP contribution in [0, 0.1) is 5.92 Å². The average molecular weight is 428 g/mol. The Hall–Kier alpha value is -3.69. The second-order valence-corrected chi connectivity index (χ2v) is 7.27. The number of carbonyl (C=O) groups excluding carboxylic acids is 1. The molecule has 1 aromatic carbocycles. The summed E-state index contributed by atoms with van der Waals surface area (Å²) in [5.74, 6) is 0.786. The Bertz CT molecular complexity index is 1090. The predicted octanol–water partition coefficient (Wildman–Crippen LogP) is 4.66. The first-order valence-corrected chi connectivity index (χ1v) is 9.58. The van der Waals surface area contributed by atoms with E-state index in [0.29, 0.717) is 41.7 Å². The molecule has 31 heavy (non-hydrogen) atoms. The average Bonchev–Trinajstić information content (AvgIpc) is 2.92. The number of hydrogen-bond acceptors (Lipinski definition) is 5. The van der Waals surface area contributed by atoms with Crippen molar-refractivity contribution in [3.8, 4) is 11.3 Å². The summed E-state index contributed by atoms with van der Waals surface area (Å²) in [6.45, 7) is 2.97. The van der Waals surface area contributed by atoms with E-state index in [1.54, 1.807) is 24.3 Å². The standard InChI is InChI=1S/C21H19F3N6O/c1-13-10-26-17-6-5-16(14-3-2-4-15(9-14)21(22,23)24)28-19(17)30(11-13)20(31)29-18-7-8-25-12-27-18/h2-9,12-13,26H,10-11H2,1H3,(H,25,27,29,31)/t13-/m1/s1. The van der Waals surface area contributed by atoms with Crippen LogP contribution < -0.4 is 15.5 Å². The second-order valence-electron chi connectivity index (χ2n) is 7.27. The number of pyridine rings is 1. The number of carbonyl (C=O) groups is 1. The molecule has 4 rings (SSSR count). The molecule has 1 aliphatic heterocycles. The van der Waals surface area contributed by atoms with Crippen LogP contribution in [-0.4, -0.2) is 34.1 Å². The summed E-state index contributed by atoms with van der Waals surface area (Å²) in [7, 11) is 0. The van der Waals surface area contributed by atoms with Crippen LogP contribution in [0.4, 0.5) is 35.3 Å². The zero-order valence-corrected chi connectivity index (χ0v) is 16.5. The molecule has 0 unspecified atom stereocenters. The smallest absolute Gasteiger partial charge is 0.382 e. The molecule has 160 valence electrons. The van der Waals surface area contributed by atoms with Crippen molar-refractivity contribution in [3.63, 3.8) is 0 Å². The maximum absolute atomic E-state index is 13.1. The quantitative estimate of drug-likeness (QED) is 0.621. The van der Waals surface area contributed by atoms with Gasteiger partial charge in [-0.3, -0.25) is 10.2 Å². The highest BCUT2D eigenvalue weighted by Gasteiger charge is 2.31. The summed E-state index contributed by atoms with van der Waals surface area (Å²) in [6.07, 6.45) is -1.63. The van der Waals surface area contributed by atoms with Crippen LogP contribution in [0.1, 0.15) is 12.5 Å². The Morgan fingerprint density at radius 2 is 2.06 bits per heavy atom. The highest BCUT2D eigenvalue weighted by Crippen LogP contribution is 2.34. The third kappa shape index (κ3) is 4.57. The van der Waals surface area contributed by atoms with Crippen molar-refractivity contribution in [1.82, 2.24) is 15.0 Å². The number of anilines is 3. The SMILES string of the molecule is C[C@@H]1CNc2ccc(-c3cccc(C(F)(F)F)c3)nc2N(C(=O)Nc2ccncn2)C1. The summed E-state index contributed by atoms with van der Waals surface area (Å²) < 4.78 is 39.4. The summed E-state index contributed by atoms with van der Waals surface area (Å²) >= 11 is 0. The lowest BCUT2D eigenvalue weighted by Crippen LogP contribution is -2.38. The molecular weight excluding hydrogens is 409 g/mol. The van der Waals surface area contributed by atoms with E-state index in [1.165, 1.54) is 23.5 Å².